The lowest BCUT2D eigenvalue weighted by Gasteiger charge is -2.27. The molecule has 0 fully saturated rings. The van der Waals surface area contributed by atoms with E-state index in [1.807, 2.05) is 19.2 Å². The van der Waals surface area contributed by atoms with Crippen molar-refractivity contribution in [3.63, 3.8) is 0 Å². The highest BCUT2D eigenvalue weighted by Crippen LogP contribution is 2.30. The second kappa shape index (κ2) is 8.67. The van der Waals surface area contributed by atoms with Crippen LogP contribution in [0.5, 0.6) is 0 Å². The molecule has 0 unspecified atom stereocenters. The number of aromatic nitrogens is 1. The van der Waals surface area contributed by atoms with Crippen LogP contribution in [-0.2, 0) is 24.3 Å². The molecule has 2 N–H and O–H groups in total. The predicted octanol–water partition coefficient (Wildman–Crippen LogP) is 2.17. The van der Waals surface area contributed by atoms with Crippen LogP contribution in [0, 0.1) is 13.8 Å². The number of nitrogens with zero attached hydrogens (tertiary/aromatic N) is 2. The topological polar surface area (TPSA) is 87.5 Å². The van der Waals surface area contributed by atoms with E-state index in [2.05, 4.69) is 20.7 Å². The fraction of sp³-hybridized carbons (Fsp3) is 0.526. The summed E-state index contributed by atoms with van der Waals surface area (Å²) in [6.07, 6.45) is 1.31. The molecule has 27 heavy (non-hydrogen) atoms. The zero-order valence-corrected chi connectivity index (χ0v) is 16.9. The predicted molar refractivity (Wildman–Crippen MR) is 104 cm³/mol. The second-order valence-electron chi connectivity index (χ2n) is 6.77. The summed E-state index contributed by atoms with van der Waals surface area (Å²) in [5, 5.41) is 11.6. The molecule has 8 heteroatoms. The molecular weight excluding hydrogens is 364 g/mol. The standard InChI is InChI=1S/C19H26N4O3S/c1-4-18(24)20-6-7-21-19(25)16-11-27-17-10-23(8-5-14(16)17)9-15-12(2)22-26-13(15)3/h11H,4-10H2,1-3H3,(H,20,24)(H,21,25). The van der Waals surface area contributed by atoms with Gasteiger partial charge in [0.25, 0.3) is 5.91 Å². The summed E-state index contributed by atoms with van der Waals surface area (Å²) >= 11 is 1.64. The van der Waals surface area contributed by atoms with E-state index in [0.717, 1.165) is 54.2 Å². The number of nitrogens with one attached hydrogen (secondary N) is 2. The van der Waals surface area contributed by atoms with Gasteiger partial charge >= 0.3 is 0 Å². The van der Waals surface area contributed by atoms with Crippen LogP contribution in [0.15, 0.2) is 9.90 Å². The van der Waals surface area contributed by atoms with Gasteiger partial charge in [-0.2, -0.15) is 0 Å². The summed E-state index contributed by atoms with van der Waals surface area (Å²) in [7, 11) is 0. The van der Waals surface area contributed by atoms with Gasteiger partial charge in [-0.25, -0.2) is 0 Å². The van der Waals surface area contributed by atoms with Crippen molar-refractivity contribution >= 4 is 23.2 Å². The molecule has 1 aliphatic heterocycles. The van der Waals surface area contributed by atoms with Crippen molar-refractivity contribution in [3.05, 3.63) is 38.4 Å². The quantitative estimate of drug-likeness (QED) is 0.708. The third-order valence-electron chi connectivity index (χ3n) is 4.89. The number of aryl methyl sites for hydroxylation is 2. The van der Waals surface area contributed by atoms with E-state index < -0.39 is 0 Å². The van der Waals surface area contributed by atoms with Crippen LogP contribution in [0.3, 0.4) is 0 Å². The Morgan fingerprint density at radius 2 is 2.07 bits per heavy atom. The Hall–Kier alpha value is -2.19. The first-order chi connectivity index (χ1) is 13.0. The van der Waals surface area contributed by atoms with Gasteiger partial charge < -0.3 is 15.2 Å². The molecule has 0 atom stereocenters. The monoisotopic (exact) mass is 390 g/mol. The minimum Gasteiger partial charge on any atom is -0.361 e. The average molecular weight is 391 g/mol. The first kappa shape index (κ1) is 19.6. The van der Waals surface area contributed by atoms with Crippen LogP contribution < -0.4 is 10.6 Å². The Balaban J connectivity index is 1.56. The van der Waals surface area contributed by atoms with Gasteiger partial charge in [-0.3, -0.25) is 14.5 Å². The van der Waals surface area contributed by atoms with E-state index in [4.69, 9.17) is 4.52 Å². The third kappa shape index (κ3) is 4.56. The van der Waals surface area contributed by atoms with Crippen molar-refractivity contribution < 1.29 is 14.1 Å². The highest BCUT2D eigenvalue weighted by Gasteiger charge is 2.25. The van der Waals surface area contributed by atoms with Crippen LogP contribution in [0.4, 0.5) is 0 Å². The summed E-state index contributed by atoms with van der Waals surface area (Å²) in [6, 6.07) is 0. The molecule has 0 aliphatic carbocycles. The number of rotatable bonds is 7. The first-order valence-electron chi connectivity index (χ1n) is 9.27. The van der Waals surface area contributed by atoms with E-state index in [9.17, 15) is 9.59 Å². The van der Waals surface area contributed by atoms with Gasteiger partial charge in [0.15, 0.2) is 0 Å². The molecule has 0 bridgehead atoms. The van der Waals surface area contributed by atoms with Gasteiger partial charge in [-0.15, -0.1) is 11.3 Å². The fourth-order valence-electron chi connectivity index (χ4n) is 3.26. The summed E-state index contributed by atoms with van der Waals surface area (Å²) in [4.78, 5) is 27.3. The molecule has 1 aliphatic rings. The zero-order chi connectivity index (χ0) is 19.4. The molecule has 2 aromatic rings. The number of amides is 2. The minimum absolute atomic E-state index is 0.00412. The van der Waals surface area contributed by atoms with Crippen LogP contribution in [0.25, 0.3) is 0 Å². The lowest BCUT2D eigenvalue weighted by atomic mass is 10.0. The SMILES string of the molecule is CCC(=O)NCCNC(=O)c1csc2c1CCN(Cc1c(C)noc1C)C2. The number of fused-ring (bicyclic) bond motifs is 1. The zero-order valence-electron chi connectivity index (χ0n) is 16.1. The van der Waals surface area contributed by atoms with E-state index in [0.29, 0.717) is 19.5 Å². The largest absolute Gasteiger partial charge is 0.361 e. The van der Waals surface area contributed by atoms with E-state index >= 15 is 0 Å². The summed E-state index contributed by atoms with van der Waals surface area (Å²) in [5.74, 6) is 0.813. The van der Waals surface area contributed by atoms with E-state index in [1.54, 1.807) is 18.3 Å². The molecule has 2 aromatic heterocycles. The lowest BCUT2D eigenvalue weighted by Crippen LogP contribution is -2.35. The van der Waals surface area contributed by atoms with E-state index in [-0.39, 0.29) is 11.8 Å². The number of carbonyl (C=O) groups is 2. The molecule has 146 valence electrons. The molecule has 3 rings (SSSR count). The maximum absolute atomic E-state index is 12.5. The van der Waals surface area contributed by atoms with Gasteiger partial charge in [0.1, 0.15) is 5.76 Å². The maximum Gasteiger partial charge on any atom is 0.252 e. The van der Waals surface area contributed by atoms with Crippen molar-refractivity contribution in [1.82, 2.24) is 20.7 Å². The Bertz CT molecular complexity index is 808. The Kier molecular flexibility index (Phi) is 6.28. The smallest absolute Gasteiger partial charge is 0.252 e. The maximum atomic E-state index is 12.5. The van der Waals surface area contributed by atoms with Crippen molar-refractivity contribution in [2.24, 2.45) is 0 Å². The van der Waals surface area contributed by atoms with Crippen molar-refractivity contribution in [3.8, 4) is 0 Å². The summed E-state index contributed by atoms with van der Waals surface area (Å²) < 4.78 is 5.26. The fourth-order valence-corrected chi connectivity index (χ4v) is 4.38. The molecule has 7 nitrogen and oxygen atoms in total. The third-order valence-corrected chi connectivity index (χ3v) is 5.90. The normalized spacial score (nSPS) is 14.0. The molecule has 2 amide bonds. The Morgan fingerprint density at radius 3 is 2.78 bits per heavy atom. The number of hydrogen-bond donors (Lipinski definition) is 2. The van der Waals surface area contributed by atoms with Crippen molar-refractivity contribution in [2.75, 3.05) is 19.6 Å². The summed E-state index contributed by atoms with van der Waals surface area (Å²) in [5.41, 5.74) is 4.03. The van der Waals surface area contributed by atoms with Gasteiger partial charge in [0.05, 0.1) is 11.3 Å². The molecule has 0 spiro atoms. The average Bonchev–Trinajstić information content (AvgIpc) is 3.22. The minimum atomic E-state index is -0.0579. The number of carbonyl (C=O) groups excluding carboxylic acids is 2. The van der Waals surface area contributed by atoms with Crippen LogP contribution in [0.1, 0.15) is 51.2 Å². The second-order valence-corrected chi connectivity index (χ2v) is 7.74. The van der Waals surface area contributed by atoms with Gasteiger partial charge in [-0.05, 0) is 25.8 Å². The molecule has 0 radical (unpaired) electrons. The van der Waals surface area contributed by atoms with Crippen LogP contribution in [0.2, 0.25) is 0 Å². The van der Waals surface area contributed by atoms with Crippen molar-refractivity contribution in [1.29, 1.82) is 0 Å². The molecule has 0 aromatic carbocycles. The van der Waals surface area contributed by atoms with E-state index in [1.165, 1.54) is 4.88 Å². The lowest BCUT2D eigenvalue weighted by molar-refractivity contribution is -0.120. The molecule has 0 saturated heterocycles. The van der Waals surface area contributed by atoms with Crippen LogP contribution >= 0.6 is 11.3 Å². The van der Waals surface area contributed by atoms with Gasteiger partial charge in [0, 0.05) is 55.0 Å². The molecule has 3 heterocycles. The van der Waals surface area contributed by atoms with Gasteiger partial charge in [-0.1, -0.05) is 12.1 Å². The van der Waals surface area contributed by atoms with Crippen LogP contribution in [-0.4, -0.2) is 41.5 Å². The first-order valence-corrected chi connectivity index (χ1v) is 10.2. The Morgan fingerprint density at radius 1 is 1.30 bits per heavy atom. The van der Waals surface area contributed by atoms with Gasteiger partial charge in [0.2, 0.25) is 5.91 Å². The molecule has 0 saturated carbocycles. The highest BCUT2D eigenvalue weighted by molar-refractivity contribution is 7.10. The highest BCUT2D eigenvalue weighted by atomic mass is 32.1. The van der Waals surface area contributed by atoms with Crippen molar-refractivity contribution in [2.45, 2.75) is 46.7 Å². The molecular formula is C19H26N4O3S. The summed E-state index contributed by atoms with van der Waals surface area (Å²) in [6.45, 7) is 9.17. The number of hydrogen-bond acceptors (Lipinski definition) is 6. The Labute approximate surface area is 163 Å². The number of thiophene rings is 1.